The maximum absolute atomic E-state index is 11.8. The molecule has 0 aromatic heterocycles. The molecule has 1 amide bonds. The molecule has 1 aliphatic rings. The molecular weight excluding hydrogens is 306 g/mol. The third kappa shape index (κ3) is 4.18. The summed E-state index contributed by atoms with van der Waals surface area (Å²) in [5, 5.41) is 12.7. The maximum atomic E-state index is 11.8. The van der Waals surface area contributed by atoms with Crippen molar-refractivity contribution < 1.29 is 9.90 Å². The summed E-state index contributed by atoms with van der Waals surface area (Å²) in [7, 11) is 0. The summed E-state index contributed by atoms with van der Waals surface area (Å²) in [6.07, 6.45) is 6.62. The van der Waals surface area contributed by atoms with Gasteiger partial charge in [-0.15, -0.1) is 0 Å². The van der Waals surface area contributed by atoms with E-state index in [1.165, 1.54) is 6.08 Å². The van der Waals surface area contributed by atoms with E-state index in [0.29, 0.717) is 0 Å². The van der Waals surface area contributed by atoms with Crippen molar-refractivity contribution in [2.45, 2.75) is 37.8 Å². The van der Waals surface area contributed by atoms with Crippen molar-refractivity contribution in [1.29, 1.82) is 0 Å². The molecule has 0 spiro atoms. The van der Waals surface area contributed by atoms with E-state index >= 15 is 0 Å². The lowest BCUT2D eigenvalue weighted by Crippen LogP contribution is -2.44. The first-order chi connectivity index (χ1) is 9.16. The van der Waals surface area contributed by atoms with Crippen molar-refractivity contribution in [2.75, 3.05) is 0 Å². The number of carbonyl (C=O) groups excluding carboxylic acids is 1. The normalized spacial score (nSPS) is 23.5. The molecular formula is C15H18BrNO2. The first kappa shape index (κ1) is 14.3. The zero-order valence-electron chi connectivity index (χ0n) is 10.7. The molecule has 102 valence electrons. The molecule has 3 nitrogen and oxygen atoms in total. The van der Waals surface area contributed by atoms with Gasteiger partial charge in [-0.3, -0.25) is 4.79 Å². The van der Waals surface area contributed by atoms with Crippen LogP contribution < -0.4 is 5.32 Å². The monoisotopic (exact) mass is 323 g/mol. The minimum Gasteiger partial charge on any atom is -0.391 e. The Hall–Kier alpha value is -1.13. The van der Waals surface area contributed by atoms with Gasteiger partial charge >= 0.3 is 0 Å². The van der Waals surface area contributed by atoms with Crippen molar-refractivity contribution in [1.82, 2.24) is 5.32 Å². The summed E-state index contributed by atoms with van der Waals surface area (Å²) in [6, 6.07) is 7.61. The zero-order valence-corrected chi connectivity index (χ0v) is 12.3. The van der Waals surface area contributed by atoms with Gasteiger partial charge in [0.25, 0.3) is 0 Å². The number of hydrogen-bond acceptors (Lipinski definition) is 2. The van der Waals surface area contributed by atoms with Gasteiger partial charge in [-0.2, -0.15) is 0 Å². The van der Waals surface area contributed by atoms with Gasteiger partial charge in [0.1, 0.15) is 0 Å². The molecule has 4 heteroatoms. The summed E-state index contributed by atoms with van der Waals surface area (Å²) < 4.78 is 0.955. The van der Waals surface area contributed by atoms with Gasteiger partial charge in [0.05, 0.1) is 12.1 Å². The van der Waals surface area contributed by atoms with E-state index < -0.39 is 6.10 Å². The number of hydrogen-bond donors (Lipinski definition) is 2. The number of aliphatic hydroxyl groups is 1. The molecule has 0 radical (unpaired) electrons. The fourth-order valence-corrected chi connectivity index (χ4v) is 2.70. The molecule has 2 N–H and O–H groups in total. The molecule has 1 aliphatic carbocycles. The smallest absolute Gasteiger partial charge is 0.244 e. The Labute approximate surface area is 121 Å². The summed E-state index contributed by atoms with van der Waals surface area (Å²) >= 11 is 3.43. The van der Waals surface area contributed by atoms with Crippen LogP contribution in [-0.4, -0.2) is 23.2 Å². The largest absolute Gasteiger partial charge is 0.391 e. The predicted octanol–water partition coefficient (Wildman–Crippen LogP) is 2.88. The third-order valence-electron chi connectivity index (χ3n) is 3.38. The summed E-state index contributed by atoms with van der Waals surface area (Å²) in [5.41, 5.74) is 0.960. The second kappa shape index (κ2) is 6.87. The molecule has 1 fully saturated rings. The molecule has 0 bridgehead atoms. The van der Waals surface area contributed by atoms with Crippen molar-refractivity contribution in [3.05, 3.63) is 40.4 Å². The highest BCUT2D eigenvalue weighted by molar-refractivity contribution is 9.10. The maximum Gasteiger partial charge on any atom is 0.244 e. The van der Waals surface area contributed by atoms with Crippen LogP contribution in [0.3, 0.4) is 0 Å². The number of nitrogens with one attached hydrogen (secondary N) is 1. The first-order valence-corrected chi connectivity index (χ1v) is 7.37. The van der Waals surface area contributed by atoms with Crippen LogP contribution in [0.25, 0.3) is 6.08 Å². The van der Waals surface area contributed by atoms with E-state index in [1.54, 1.807) is 6.08 Å². The molecule has 1 saturated carbocycles. The average molecular weight is 324 g/mol. The Kier molecular flexibility index (Phi) is 5.16. The third-order valence-corrected chi connectivity index (χ3v) is 4.10. The van der Waals surface area contributed by atoms with Crippen LogP contribution in [0.5, 0.6) is 0 Å². The van der Waals surface area contributed by atoms with Crippen LogP contribution in [0.2, 0.25) is 0 Å². The molecule has 0 heterocycles. The SMILES string of the molecule is O=C(/C=C/c1ccccc1Br)N[C@H]1CCCC[C@@H]1O. The lowest BCUT2D eigenvalue weighted by atomic mass is 9.92. The molecule has 2 rings (SSSR count). The van der Waals surface area contributed by atoms with Crippen molar-refractivity contribution in [2.24, 2.45) is 0 Å². The van der Waals surface area contributed by atoms with E-state index in [0.717, 1.165) is 35.7 Å². The van der Waals surface area contributed by atoms with Gasteiger partial charge in [0.15, 0.2) is 0 Å². The first-order valence-electron chi connectivity index (χ1n) is 6.58. The second-order valence-electron chi connectivity index (χ2n) is 4.82. The molecule has 0 aliphatic heterocycles. The quantitative estimate of drug-likeness (QED) is 0.840. The fourth-order valence-electron chi connectivity index (χ4n) is 2.29. The van der Waals surface area contributed by atoms with E-state index in [9.17, 15) is 9.90 Å². The lowest BCUT2D eigenvalue weighted by Gasteiger charge is -2.27. The summed E-state index contributed by atoms with van der Waals surface area (Å²) in [6.45, 7) is 0. The second-order valence-corrected chi connectivity index (χ2v) is 5.68. The van der Waals surface area contributed by atoms with Crippen LogP contribution in [-0.2, 0) is 4.79 Å². The van der Waals surface area contributed by atoms with Gasteiger partial charge in [0, 0.05) is 10.5 Å². The van der Waals surface area contributed by atoms with E-state index in [2.05, 4.69) is 21.2 Å². The molecule has 0 saturated heterocycles. The van der Waals surface area contributed by atoms with E-state index in [1.807, 2.05) is 24.3 Å². The topological polar surface area (TPSA) is 49.3 Å². The van der Waals surface area contributed by atoms with Crippen LogP contribution in [0.1, 0.15) is 31.2 Å². The minimum absolute atomic E-state index is 0.106. The van der Waals surface area contributed by atoms with Crippen molar-refractivity contribution in [3.63, 3.8) is 0 Å². The predicted molar refractivity (Wildman–Crippen MR) is 79.6 cm³/mol. The standard InChI is InChI=1S/C15H18BrNO2/c16-12-6-2-1-5-11(12)9-10-15(19)17-13-7-3-4-8-14(13)18/h1-2,5-6,9-10,13-14,18H,3-4,7-8H2,(H,17,19)/b10-9+/t13-,14-/m0/s1. The Morgan fingerprint density at radius 2 is 2.05 bits per heavy atom. The number of halogens is 1. The lowest BCUT2D eigenvalue weighted by molar-refractivity contribution is -0.118. The van der Waals surface area contributed by atoms with E-state index in [4.69, 9.17) is 0 Å². The Morgan fingerprint density at radius 3 is 2.79 bits per heavy atom. The van der Waals surface area contributed by atoms with Crippen LogP contribution in [0.4, 0.5) is 0 Å². The van der Waals surface area contributed by atoms with Crippen LogP contribution >= 0.6 is 15.9 Å². The van der Waals surface area contributed by atoms with E-state index in [-0.39, 0.29) is 11.9 Å². The summed E-state index contributed by atoms with van der Waals surface area (Å²) in [5.74, 6) is -0.151. The molecule has 2 atom stereocenters. The number of benzene rings is 1. The van der Waals surface area contributed by atoms with Gasteiger partial charge in [-0.1, -0.05) is 47.0 Å². The highest BCUT2D eigenvalue weighted by atomic mass is 79.9. The average Bonchev–Trinajstić information content (AvgIpc) is 2.40. The number of carbonyl (C=O) groups is 1. The molecule has 1 aromatic carbocycles. The highest BCUT2D eigenvalue weighted by Gasteiger charge is 2.23. The number of aliphatic hydroxyl groups excluding tert-OH is 1. The summed E-state index contributed by atoms with van der Waals surface area (Å²) in [4.78, 5) is 11.8. The fraction of sp³-hybridized carbons (Fsp3) is 0.400. The Balaban J connectivity index is 1.92. The number of amides is 1. The Bertz CT molecular complexity index is 473. The highest BCUT2D eigenvalue weighted by Crippen LogP contribution is 2.19. The van der Waals surface area contributed by atoms with Crippen molar-refractivity contribution in [3.8, 4) is 0 Å². The molecule has 19 heavy (non-hydrogen) atoms. The van der Waals surface area contributed by atoms with Crippen LogP contribution in [0, 0.1) is 0 Å². The van der Waals surface area contributed by atoms with Gasteiger partial charge < -0.3 is 10.4 Å². The van der Waals surface area contributed by atoms with Gasteiger partial charge in [0.2, 0.25) is 5.91 Å². The molecule has 0 unspecified atom stereocenters. The van der Waals surface area contributed by atoms with Crippen molar-refractivity contribution >= 4 is 27.9 Å². The van der Waals surface area contributed by atoms with Crippen LogP contribution in [0.15, 0.2) is 34.8 Å². The number of rotatable bonds is 3. The van der Waals surface area contributed by atoms with Gasteiger partial charge in [-0.05, 0) is 30.5 Å². The van der Waals surface area contributed by atoms with Gasteiger partial charge in [-0.25, -0.2) is 0 Å². The minimum atomic E-state index is -0.408. The molecule has 1 aromatic rings. The zero-order chi connectivity index (χ0) is 13.7. The Morgan fingerprint density at radius 1 is 1.32 bits per heavy atom.